The molecule has 2 rings (SSSR count). The Balaban J connectivity index is 1.92. The number of anilines is 1. The molecule has 1 aliphatic carbocycles. The minimum atomic E-state index is -0.235. The molecular formula is C15H21N3O2. The van der Waals surface area contributed by atoms with Gasteiger partial charge in [-0.1, -0.05) is 6.07 Å². The molecule has 1 aromatic rings. The fourth-order valence-corrected chi connectivity index (χ4v) is 2.57. The Hall–Kier alpha value is -2.04. The molecule has 108 valence electrons. The van der Waals surface area contributed by atoms with E-state index in [1.54, 1.807) is 12.1 Å². The highest BCUT2D eigenvalue weighted by atomic mass is 16.2. The summed E-state index contributed by atoms with van der Waals surface area (Å²) >= 11 is 0. The van der Waals surface area contributed by atoms with Crippen LogP contribution in [0.5, 0.6) is 0 Å². The van der Waals surface area contributed by atoms with Crippen LogP contribution in [0.2, 0.25) is 0 Å². The summed E-state index contributed by atoms with van der Waals surface area (Å²) in [5.41, 5.74) is 13.3. The van der Waals surface area contributed by atoms with E-state index in [2.05, 4.69) is 5.32 Å². The molecule has 5 nitrogen and oxygen atoms in total. The number of aryl methyl sites for hydroxylation is 1. The standard InChI is InChI=1S/C15H21N3O2/c1-9-2-3-11(8-13(9)16)15(20)18-12-6-4-10(5-7-12)14(17)19/h2-3,8,10,12H,4-7,16H2,1H3,(H2,17,19)(H,18,20). The van der Waals surface area contributed by atoms with E-state index in [0.717, 1.165) is 31.2 Å². The van der Waals surface area contributed by atoms with Crippen molar-refractivity contribution in [2.45, 2.75) is 38.6 Å². The highest BCUT2D eigenvalue weighted by Crippen LogP contribution is 2.24. The van der Waals surface area contributed by atoms with E-state index in [9.17, 15) is 9.59 Å². The largest absolute Gasteiger partial charge is 0.398 e. The van der Waals surface area contributed by atoms with Gasteiger partial charge in [0.2, 0.25) is 5.91 Å². The SMILES string of the molecule is Cc1ccc(C(=O)NC2CCC(C(N)=O)CC2)cc1N. The zero-order chi connectivity index (χ0) is 14.7. The first-order valence-electron chi connectivity index (χ1n) is 6.93. The summed E-state index contributed by atoms with van der Waals surface area (Å²) in [5.74, 6) is -0.390. The molecule has 0 radical (unpaired) electrons. The minimum absolute atomic E-state index is 0.0434. The molecule has 0 spiro atoms. The molecule has 5 heteroatoms. The number of primary amides is 1. The summed E-state index contributed by atoms with van der Waals surface area (Å²) in [5, 5.41) is 2.99. The van der Waals surface area contributed by atoms with Gasteiger partial charge in [-0.15, -0.1) is 0 Å². The van der Waals surface area contributed by atoms with Crippen LogP contribution in [0.4, 0.5) is 5.69 Å². The van der Waals surface area contributed by atoms with Crippen LogP contribution < -0.4 is 16.8 Å². The van der Waals surface area contributed by atoms with E-state index >= 15 is 0 Å². The number of hydrogen-bond donors (Lipinski definition) is 3. The van der Waals surface area contributed by atoms with Crippen molar-refractivity contribution < 1.29 is 9.59 Å². The van der Waals surface area contributed by atoms with E-state index in [1.807, 2.05) is 13.0 Å². The molecule has 20 heavy (non-hydrogen) atoms. The summed E-state index contributed by atoms with van der Waals surface area (Å²) in [6.45, 7) is 1.90. The van der Waals surface area contributed by atoms with Gasteiger partial charge in [-0.25, -0.2) is 0 Å². The number of nitrogens with one attached hydrogen (secondary N) is 1. The van der Waals surface area contributed by atoms with E-state index in [-0.39, 0.29) is 23.8 Å². The Morgan fingerprint density at radius 3 is 2.40 bits per heavy atom. The fraction of sp³-hybridized carbons (Fsp3) is 0.467. The molecule has 0 heterocycles. The lowest BCUT2D eigenvalue weighted by Crippen LogP contribution is -2.39. The van der Waals surface area contributed by atoms with Crippen LogP contribution in [0.1, 0.15) is 41.6 Å². The van der Waals surface area contributed by atoms with Gasteiger partial charge in [0, 0.05) is 23.2 Å². The number of carbonyl (C=O) groups is 2. The molecular weight excluding hydrogens is 254 g/mol. The predicted molar refractivity (Wildman–Crippen MR) is 78.0 cm³/mol. The number of benzene rings is 1. The van der Waals surface area contributed by atoms with Crippen molar-refractivity contribution >= 4 is 17.5 Å². The quantitative estimate of drug-likeness (QED) is 0.726. The highest BCUT2D eigenvalue weighted by Gasteiger charge is 2.25. The second-order valence-corrected chi connectivity index (χ2v) is 5.50. The van der Waals surface area contributed by atoms with Crippen molar-refractivity contribution in [2.75, 3.05) is 5.73 Å². The Labute approximate surface area is 118 Å². The maximum Gasteiger partial charge on any atom is 0.251 e. The first-order chi connectivity index (χ1) is 9.47. The Bertz CT molecular complexity index is 520. The highest BCUT2D eigenvalue weighted by molar-refractivity contribution is 5.95. The van der Waals surface area contributed by atoms with Gasteiger partial charge in [0.1, 0.15) is 0 Å². The Morgan fingerprint density at radius 1 is 1.20 bits per heavy atom. The molecule has 0 aliphatic heterocycles. The van der Waals surface area contributed by atoms with Crippen LogP contribution in [0, 0.1) is 12.8 Å². The second kappa shape index (κ2) is 5.94. The van der Waals surface area contributed by atoms with E-state index < -0.39 is 0 Å². The molecule has 1 saturated carbocycles. The van der Waals surface area contributed by atoms with Crippen molar-refractivity contribution in [2.24, 2.45) is 11.7 Å². The van der Waals surface area contributed by atoms with E-state index in [0.29, 0.717) is 11.3 Å². The van der Waals surface area contributed by atoms with Crippen molar-refractivity contribution in [1.29, 1.82) is 0 Å². The lowest BCUT2D eigenvalue weighted by molar-refractivity contribution is -0.122. The summed E-state index contributed by atoms with van der Waals surface area (Å²) in [7, 11) is 0. The number of rotatable bonds is 3. The third-order valence-corrected chi connectivity index (χ3v) is 4.01. The van der Waals surface area contributed by atoms with Crippen LogP contribution in [0.25, 0.3) is 0 Å². The molecule has 2 amide bonds. The topological polar surface area (TPSA) is 98.2 Å². The zero-order valence-electron chi connectivity index (χ0n) is 11.7. The van der Waals surface area contributed by atoms with Gasteiger partial charge in [-0.2, -0.15) is 0 Å². The summed E-state index contributed by atoms with van der Waals surface area (Å²) in [6.07, 6.45) is 3.08. The third kappa shape index (κ3) is 3.29. The zero-order valence-corrected chi connectivity index (χ0v) is 11.7. The van der Waals surface area contributed by atoms with Gasteiger partial charge in [0.25, 0.3) is 5.91 Å². The van der Waals surface area contributed by atoms with Crippen molar-refractivity contribution in [1.82, 2.24) is 5.32 Å². The fourth-order valence-electron chi connectivity index (χ4n) is 2.57. The van der Waals surface area contributed by atoms with Gasteiger partial charge in [-0.05, 0) is 50.3 Å². The minimum Gasteiger partial charge on any atom is -0.398 e. The Morgan fingerprint density at radius 2 is 1.85 bits per heavy atom. The van der Waals surface area contributed by atoms with Crippen LogP contribution in [0.3, 0.4) is 0 Å². The number of hydrogen-bond acceptors (Lipinski definition) is 3. The molecule has 1 aliphatic rings. The lowest BCUT2D eigenvalue weighted by atomic mass is 9.85. The van der Waals surface area contributed by atoms with Crippen molar-refractivity contribution in [3.63, 3.8) is 0 Å². The molecule has 0 unspecified atom stereocenters. The normalized spacial score (nSPS) is 22.2. The van der Waals surface area contributed by atoms with Crippen molar-refractivity contribution in [3.05, 3.63) is 29.3 Å². The van der Waals surface area contributed by atoms with Crippen LogP contribution in [0.15, 0.2) is 18.2 Å². The van der Waals surface area contributed by atoms with Gasteiger partial charge in [-0.3, -0.25) is 9.59 Å². The average Bonchev–Trinajstić information content (AvgIpc) is 2.42. The van der Waals surface area contributed by atoms with Gasteiger partial charge in [0.15, 0.2) is 0 Å². The average molecular weight is 275 g/mol. The third-order valence-electron chi connectivity index (χ3n) is 4.01. The maximum atomic E-state index is 12.1. The smallest absolute Gasteiger partial charge is 0.251 e. The number of amides is 2. The van der Waals surface area contributed by atoms with E-state index in [4.69, 9.17) is 11.5 Å². The van der Waals surface area contributed by atoms with Crippen molar-refractivity contribution in [3.8, 4) is 0 Å². The number of nitrogen functional groups attached to an aromatic ring is 1. The molecule has 0 bridgehead atoms. The number of nitrogens with two attached hydrogens (primary N) is 2. The van der Waals surface area contributed by atoms with Crippen LogP contribution >= 0.6 is 0 Å². The summed E-state index contributed by atoms with van der Waals surface area (Å²) in [4.78, 5) is 23.2. The Kier molecular flexibility index (Phi) is 4.27. The predicted octanol–water partition coefficient (Wildman–Crippen LogP) is 1.35. The molecule has 1 fully saturated rings. The van der Waals surface area contributed by atoms with Crippen LogP contribution in [-0.2, 0) is 4.79 Å². The first-order valence-corrected chi connectivity index (χ1v) is 6.93. The van der Waals surface area contributed by atoms with Gasteiger partial charge in [0.05, 0.1) is 0 Å². The summed E-state index contributed by atoms with van der Waals surface area (Å²) in [6, 6.07) is 5.42. The molecule has 0 aromatic heterocycles. The maximum absolute atomic E-state index is 12.1. The van der Waals surface area contributed by atoms with E-state index in [1.165, 1.54) is 0 Å². The monoisotopic (exact) mass is 275 g/mol. The number of carbonyl (C=O) groups excluding carboxylic acids is 2. The molecule has 1 aromatic carbocycles. The second-order valence-electron chi connectivity index (χ2n) is 5.50. The van der Waals surface area contributed by atoms with Crippen LogP contribution in [-0.4, -0.2) is 17.9 Å². The van der Waals surface area contributed by atoms with Gasteiger partial charge < -0.3 is 16.8 Å². The lowest BCUT2D eigenvalue weighted by Gasteiger charge is -2.27. The van der Waals surface area contributed by atoms with Gasteiger partial charge >= 0.3 is 0 Å². The summed E-state index contributed by atoms with van der Waals surface area (Å²) < 4.78 is 0. The molecule has 5 N–H and O–H groups in total. The molecule has 0 atom stereocenters. The molecule has 0 saturated heterocycles. The first kappa shape index (κ1) is 14.4.